The quantitative estimate of drug-likeness (QED) is 0.292. The molecule has 196 valence electrons. The highest BCUT2D eigenvalue weighted by atomic mass is 16.5. The second-order valence-corrected chi connectivity index (χ2v) is 10.1. The molecule has 7 heteroatoms. The molecule has 1 heterocycles. The Morgan fingerprint density at radius 2 is 1.53 bits per heavy atom. The van der Waals surface area contributed by atoms with E-state index in [1.807, 2.05) is 36.4 Å². The number of oxazole rings is 1. The smallest absolute Gasteiger partial charge is 0.273 e. The number of ether oxygens (including phenoxy) is 1. The molecule has 0 aliphatic rings. The zero-order chi connectivity index (χ0) is 27.3. The zero-order valence-corrected chi connectivity index (χ0v) is 22.4. The largest absolute Gasteiger partial charge is 0.497 e. The van der Waals surface area contributed by atoms with Crippen molar-refractivity contribution in [3.8, 4) is 28.5 Å². The van der Waals surface area contributed by atoms with Gasteiger partial charge in [0.2, 0.25) is 11.8 Å². The van der Waals surface area contributed by atoms with Gasteiger partial charge in [-0.15, -0.1) is 0 Å². The molecule has 1 aromatic heterocycles. The number of methoxy groups -OCH3 is 1. The van der Waals surface area contributed by atoms with Gasteiger partial charge < -0.3 is 19.8 Å². The minimum Gasteiger partial charge on any atom is -0.497 e. The van der Waals surface area contributed by atoms with Crippen molar-refractivity contribution in [2.75, 3.05) is 19.0 Å². The number of anilines is 1. The first-order chi connectivity index (χ1) is 18.1. The summed E-state index contributed by atoms with van der Waals surface area (Å²) in [5, 5.41) is 5.72. The summed E-state index contributed by atoms with van der Waals surface area (Å²) in [6.45, 7) is 8.36. The fourth-order valence-electron chi connectivity index (χ4n) is 4.01. The van der Waals surface area contributed by atoms with Gasteiger partial charge in [-0.05, 0) is 71.5 Å². The summed E-state index contributed by atoms with van der Waals surface area (Å²) in [6, 6.07) is 22.9. The Hall–Kier alpha value is -4.39. The van der Waals surface area contributed by atoms with E-state index in [0.717, 1.165) is 16.9 Å². The van der Waals surface area contributed by atoms with Crippen LogP contribution in [0.5, 0.6) is 5.75 Å². The highest BCUT2D eigenvalue weighted by Gasteiger charge is 2.23. The average molecular weight is 512 g/mol. The van der Waals surface area contributed by atoms with E-state index in [-0.39, 0.29) is 22.9 Å². The van der Waals surface area contributed by atoms with Crippen LogP contribution in [0.4, 0.5) is 5.69 Å². The van der Waals surface area contributed by atoms with Crippen LogP contribution < -0.4 is 15.4 Å². The second kappa shape index (κ2) is 11.3. The van der Waals surface area contributed by atoms with Crippen molar-refractivity contribution in [3.05, 3.63) is 89.6 Å². The summed E-state index contributed by atoms with van der Waals surface area (Å²) < 4.78 is 11.4. The highest BCUT2D eigenvalue weighted by Crippen LogP contribution is 2.32. The molecular formula is C31H33N3O4. The summed E-state index contributed by atoms with van der Waals surface area (Å²) in [6.07, 6.45) is 0.662. The molecule has 0 spiro atoms. The Balaban J connectivity index is 1.60. The molecule has 3 aromatic carbocycles. The standard InChI is InChI=1S/C31H33N3O4/c1-20(35)33-25-14-10-22(11-15-25)28-27(29(36)32-19-18-21-6-16-26(37-5)17-7-21)34-30(38-28)23-8-12-24(13-9-23)31(2,3)4/h6-17H,18-19H2,1-5H3,(H,32,36)(H,33,35). The number of aromatic nitrogens is 1. The molecule has 4 aromatic rings. The number of nitrogens with zero attached hydrogens (tertiary/aromatic N) is 1. The first-order valence-electron chi connectivity index (χ1n) is 12.5. The van der Waals surface area contributed by atoms with Crippen LogP contribution in [0.2, 0.25) is 0 Å². The Labute approximate surface area is 223 Å². The van der Waals surface area contributed by atoms with E-state index in [1.54, 1.807) is 31.4 Å². The van der Waals surface area contributed by atoms with Crippen LogP contribution in [0, 0.1) is 0 Å². The molecule has 0 saturated heterocycles. The van der Waals surface area contributed by atoms with Gasteiger partial charge in [0.25, 0.3) is 5.91 Å². The third kappa shape index (κ3) is 6.48. The summed E-state index contributed by atoms with van der Waals surface area (Å²) in [5.41, 5.74) is 4.63. The van der Waals surface area contributed by atoms with Gasteiger partial charge in [0.15, 0.2) is 11.5 Å². The molecule has 0 atom stereocenters. The lowest BCUT2D eigenvalue weighted by Crippen LogP contribution is -2.26. The minimum absolute atomic E-state index is 0.0187. The van der Waals surface area contributed by atoms with E-state index < -0.39 is 0 Å². The van der Waals surface area contributed by atoms with Crippen molar-refractivity contribution in [2.24, 2.45) is 0 Å². The van der Waals surface area contributed by atoms with Crippen molar-refractivity contribution in [2.45, 2.75) is 39.5 Å². The van der Waals surface area contributed by atoms with Gasteiger partial charge in [-0.2, -0.15) is 0 Å². The minimum atomic E-state index is -0.319. The van der Waals surface area contributed by atoms with Gasteiger partial charge >= 0.3 is 0 Å². The predicted molar refractivity (Wildman–Crippen MR) is 149 cm³/mol. The van der Waals surface area contributed by atoms with Crippen molar-refractivity contribution >= 4 is 17.5 Å². The first kappa shape index (κ1) is 26.7. The summed E-state index contributed by atoms with van der Waals surface area (Å²) in [4.78, 5) is 29.3. The van der Waals surface area contributed by atoms with Gasteiger partial charge in [-0.25, -0.2) is 4.98 Å². The number of hydrogen-bond donors (Lipinski definition) is 2. The Morgan fingerprint density at radius 3 is 2.11 bits per heavy atom. The third-order valence-electron chi connectivity index (χ3n) is 6.17. The topological polar surface area (TPSA) is 93.5 Å². The highest BCUT2D eigenvalue weighted by molar-refractivity contribution is 5.98. The number of rotatable bonds is 8. The van der Waals surface area contributed by atoms with Crippen molar-refractivity contribution in [1.29, 1.82) is 0 Å². The van der Waals surface area contributed by atoms with Gasteiger partial charge in [0.05, 0.1) is 7.11 Å². The fraction of sp³-hybridized carbons (Fsp3) is 0.258. The van der Waals surface area contributed by atoms with E-state index >= 15 is 0 Å². The van der Waals surface area contributed by atoms with Gasteiger partial charge in [-0.3, -0.25) is 9.59 Å². The van der Waals surface area contributed by atoms with Crippen molar-refractivity contribution in [1.82, 2.24) is 10.3 Å². The van der Waals surface area contributed by atoms with Crippen LogP contribution in [0.1, 0.15) is 49.3 Å². The van der Waals surface area contributed by atoms with Crippen LogP contribution in [0.3, 0.4) is 0 Å². The maximum absolute atomic E-state index is 13.3. The second-order valence-electron chi connectivity index (χ2n) is 10.1. The summed E-state index contributed by atoms with van der Waals surface area (Å²) >= 11 is 0. The van der Waals surface area contributed by atoms with E-state index in [9.17, 15) is 9.59 Å². The number of carbonyl (C=O) groups is 2. The number of amides is 2. The molecule has 4 rings (SSSR count). The Kier molecular flexibility index (Phi) is 7.96. The van der Waals surface area contributed by atoms with Gasteiger partial charge in [0, 0.05) is 30.3 Å². The van der Waals surface area contributed by atoms with Crippen LogP contribution in [0.25, 0.3) is 22.8 Å². The molecule has 7 nitrogen and oxygen atoms in total. The molecule has 0 saturated carbocycles. The van der Waals surface area contributed by atoms with Gasteiger partial charge in [-0.1, -0.05) is 45.0 Å². The van der Waals surface area contributed by atoms with Crippen molar-refractivity contribution < 1.29 is 18.7 Å². The molecule has 0 aliphatic carbocycles. The van der Waals surface area contributed by atoms with Crippen LogP contribution in [-0.2, 0) is 16.6 Å². The lowest BCUT2D eigenvalue weighted by Gasteiger charge is -2.18. The van der Waals surface area contributed by atoms with Crippen LogP contribution in [-0.4, -0.2) is 30.5 Å². The Morgan fingerprint density at radius 1 is 0.895 bits per heavy atom. The summed E-state index contributed by atoms with van der Waals surface area (Å²) in [5.74, 6) is 1.05. The lowest BCUT2D eigenvalue weighted by molar-refractivity contribution is -0.114. The van der Waals surface area contributed by atoms with E-state index in [4.69, 9.17) is 9.15 Å². The molecule has 0 radical (unpaired) electrons. The molecular weight excluding hydrogens is 478 g/mol. The number of hydrogen-bond acceptors (Lipinski definition) is 5. The predicted octanol–water partition coefficient (Wildman–Crippen LogP) is 6.25. The molecule has 0 aliphatic heterocycles. The maximum Gasteiger partial charge on any atom is 0.273 e. The maximum atomic E-state index is 13.3. The molecule has 0 unspecified atom stereocenters. The number of nitrogens with one attached hydrogen (secondary N) is 2. The summed E-state index contributed by atoms with van der Waals surface area (Å²) in [7, 11) is 1.63. The average Bonchev–Trinajstić information content (AvgIpc) is 3.34. The number of carbonyl (C=O) groups excluding carboxylic acids is 2. The normalized spacial score (nSPS) is 11.2. The third-order valence-corrected chi connectivity index (χ3v) is 6.17. The van der Waals surface area contributed by atoms with Gasteiger partial charge in [0.1, 0.15) is 5.75 Å². The molecule has 38 heavy (non-hydrogen) atoms. The zero-order valence-electron chi connectivity index (χ0n) is 22.4. The molecule has 2 N–H and O–H groups in total. The van der Waals surface area contributed by atoms with E-state index in [1.165, 1.54) is 12.5 Å². The lowest BCUT2D eigenvalue weighted by atomic mass is 9.87. The first-order valence-corrected chi connectivity index (χ1v) is 12.5. The Bertz CT molecular complexity index is 1400. The van der Waals surface area contributed by atoms with E-state index in [2.05, 4.69) is 48.5 Å². The fourth-order valence-corrected chi connectivity index (χ4v) is 4.01. The number of benzene rings is 3. The monoisotopic (exact) mass is 511 g/mol. The van der Waals surface area contributed by atoms with Crippen LogP contribution in [0.15, 0.2) is 77.2 Å². The SMILES string of the molecule is COc1ccc(CCNC(=O)c2nc(-c3ccc(C(C)(C)C)cc3)oc2-c2ccc(NC(C)=O)cc2)cc1. The van der Waals surface area contributed by atoms with Crippen LogP contribution >= 0.6 is 0 Å². The molecule has 0 fully saturated rings. The molecule has 0 bridgehead atoms. The van der Waals surface area contributed by atoms with Crippen molar-refractivity contribution in [3.63, 3.8) is 0 Å². The van der Waals surface area contributed by atoms with E-state index in [0.29, 0.717) is 35.9 Å². The molecule has 2 amide bonds.